The van der Waals surface area contributed by atoms with Crippen molar-refractivity contribution in [1.82, 2.24) is 14.7 Å². The van der Waals surface area contributed by atoms with Gasteiger partial charge in [0.25, 0.3) is 0 Å². The van der Waals surface area contributed by atoms with Crippen molar-refractivity contribution in [3.63, 3.8) is 0 Å². The molecule has 1 aliphatic heterocycles. The molecule has 0 bridgehead atoms. The Hall–Kier alpha value is -0.610. The van der Waals surface area contributed by atoms with Crippen LogP contribution in [0.3, 0.4) is 0 Å². The molecule has 94 valence electrons. The fourth-order valence-corrected chi connectivity index (χ4v) is 2.37. The van der Waals surface area contributed by atoms with Gasteiger partial charge < -0.3 is 9.80 Å². The molecule has 0 N–H and O–H groups in total. The van der Waals surface area contributed by atoms with Gasteiger partial charge in [-0.3, -0.25) is 9.69 Å². The van der Waals surface area contributed by atoms with Crippen LogP contribution < -0.4 is 0 Å². The molecule has 2 atom stereocenters. The second kappa shape index (κ2) is 5.64. The van der Waals surface area contributed by atoms with E-state index in [0.29, 0.717) is 12.1 Å². The average molecular weight is 227 g/mol. The van der Waals surface area contributed by atoms with Gasteiger partial charge in [0.2, 0.25) is 5.91 Å². The van der Waals surface area contributed by atoms with Crippen LogP contribution in [0.25, 0.3) is 0 Å². The van der Waals surface area contributed by atoms with Crippen LogP contribution in [-0.4, -0.2) is 73.0 Å². The summed E-state index contributed by atoms with van der Waals surface area (Å²) in [5.41, 5.74) is 0. The molecule has 1 saturated heterocycles. The number of nitrogens with zero attached hydrogens (tertiary/aromatic N) is 3. The van der Waals surface area contributed by atoms with Gasteiger partial charge in [0.15, 0.2) is 0 Å². The van der Waals surface area contributed by atoms with Crippen molar-refractivity contribution in [2.24, 2.45) is 0 Å². The summed E-state index contributed by atoms with van der Waals surface area (Å²) in [6.07, 6.45) is 0. The fraction of sp³-hybridized carbons (Fsp3) is 0.917. The number of amides is 1. The smallest absolute Gasteiger partial charge is 0.219 e. The molecule has 1 heterocycles. The van der Waals surface area contributed by atoms with Crippen molar-refractivity contribution >= 4 is 5.91 Å². The quantitative estimate of drug-likeness (QED) is 0.702. The Bertz CT molecular complexity index is 230. The molecule has 1 fully saturated rings. The molecule has 1 rings (SSSR count). The van der Waals surface area contributed by atoms with E-state index in [-0.39, 0.29) is 5.91 Å². The van der Waals surface area contributed by atoms with E-state index in [1.165, 1.54) is 0 Å². The van der Waals surface area contributed by atoms with E-state index in [0.717, 1.165) is 26.2 Å². The number of hydrogen-bond donors (Lipinski definition) is 0. The van der Waals surface area contributed by atoms with Crippen molar-refractivity contribution in [1.29, 1.82) is 0 Å². The maximum Gasteiger partial charge on any atom is 0.219 e. The molecule has 4 nitrogen and oxygen atoms in total. The summed E-state index contributed by atoms with van der Waals surface area (Å²) >= 11 is 0. The van der Waals surface area contributed by atoms with Crippen LogP contribution >= 0.6 is 0 Å². The fourth-order valence-electron chi connectivity index (χ4n) is 2.37. The molecule has 0 aromatic heterocycles. The van der Waals surface area contributed by atoms with Crippen LogP contribution in [0.5, 0.6) is 0 Å². The predicted octanol–water partition coefficient (Wildman–Crippen LogP) is 0.489. The second-order valence-corrected chi connectivity index (χ2v) is 5.16. The minimum Gasteiger partial charge on any atom is -0.340 e. The highest BCUT2D eigenvalue weighted by atomic mass is 16.2. The monoisotopic (exact) mass is 227 g/mol. The first kappa shape index (κ1) is 13.5. The number of likely N-dealkylation sites (N-methyl/N-ethyl adjacent to an activating group) is 1. The summed E-state index contributed by atoms with van der Waals surface area (Å²) in [5.74, 6) is 0.200. The van der Waals surface area contributed by atoms with Crippen molar-refractivity contribution in [2.45, 2.75) is 32.9 Å². The summed E-state index contributed by atoms with van der Waals surface area (Å²) in [6, 6.07) is 0.931. The number of carbonyl (C=O) groups excluding carboxylic acids is 1. The maximum absolute atomic E-state index is 11.4. The predicted molar refractivity (Wildman–Crippen MR) is 66.4 cm³/mol. The first-order chi connectivity index (χ1) is 7.41. The van der Waals surface area contributed by atoms with Crippen LogP contribution in [0.1, 0.15) is 20.8 Å². The molecule has 4 heteroatoms. The van der Waals surface area contributed by atoms with Crippen LogP contribution in [0.15, 0.2) is 0 Å². The summed E-state index contributed by atoms with van der Waals surface area (Å²) in [6.45, 7) is 9.98. The Labute approximate surface area is 99.2 Å². The minimum atomic E-state index is 0.200. The Morgan fingerprint density at radius 3 is 2.12 bits per heavy atom. The zero-order valence-corrected chi connectivity index (χ0v) is 11.2. The van der Waals surface area contributed by atoms with Gasteiger partial charge in [0.05, 0.1) is 0 Å². The highest BCUT2D eigenvalue weighted by Crippen LogP contribution is 2.15. The molecule has 0 aromatic carbocycles. The standard InChI is InChI=1S/C12H25N3O/c1-10-8-14(12(3)16)9-11(2)15(10)7-6-13(4)5/h10-11H,6-9H2,1-5H3. The lowest BCUT2D eigenvalue weighted by Gasteiger charge is -2.44. The van der Waals surface area contributed by atoms with Crippen LogP contribution in [0.4, 0.5) is 0 Å². The topological polar surface area (TPSA) is 26.8 Å². The molecule has 0 aliphatic carbocycles. The molecular formula is C12H25N3O. The third-order valence-electron chi connectivity index (χ3n) is 3.35. The zero-order valence-electron chi connectivity index (χ0n) is 11.2. The average Bonchev–Trinajstić information content (AvgIpc) is 2.15. The third kappa shape index (κ3) is 3.46. The van der Waals surface area contributed by atoms with E-state index in [1.54, 1.807) is 6.92 Å². The van der Waals surface area contributed by atoms with Gasteiger partial charge in [-0.1, -0.05) is 0 Å². The molecular weight excluding hydrogens is 202 g/mol. The van der Waals surface area contributed by atoms with Crippen molar-refractivity contribution in [3.8, 4) is 0 Å². The molecule has 2 unspecified atom stereocenters. The minimum absolute atomic E-state index is 0.200. The van der Waals surface area contributed by atoms with E-state index < -0.39 is 0 Å². The molecule has 16 heavy (non-hydrogen) atoms. The molecule has 1 aliphatic rings. The number of piperazine rings is 1. The van der Waals surface area contributed by atoms with E-state index in [2.05, 4.69) is 37.7 Å². The van der Waals surface area contributed by atoms with Crippen molar-refractivity contribution < 1.29 is 4.79 Å². The Balaban J connectivity index is 2.51. The lowest BCUT2D eigenvalue weighted by molar-refractivity contribution is -0.133. The zero-order chi connectivity index (χ0) is 12.3. The highest BCUT2D eigenvalue weighted by Gasteiger charge is 2.29. The van der Waals surface area contributed by atoms with Gasteiger partial charge in [0, 0.05) is 45.2 Å². The second-order valence-electron chi connectivity index (χ2n) is 5.16. The first-order valence-corrected chi connectivity index (χ1v) is 6.07. The highest BCUT2D eigenvalue weighted by molar-refractivity contribution is 5.73. The molecule has 0 radical (unpaired) electrons. The van der Waals surface area contributed by atoms with E-state index in [1.807, 2.05) is 4.90 Å². The molecule has 1 amide bonds. The van der Waals surface area contributed by atoms with Crippen molar-refractivity contribution in [2.75, 3.05) is 40.3 Å². The normalized spacial score (nSPS) is 27.5. The summed E-state index contributed by atoms with van der Waals surface area (Å²) < 4.78 is 0. The van der Waals surface area contributed by atoms with Gasteiger partial charge >= 0.3 is 0 Å². The van der Waals surface area contributed by atoms with Gasteiger partial charge in [0.1, 0.15) is 0 Å². The Kier molecular flexibility index (Phi) is 4.74. The van der Waals surface area contributed by atoms with E-state index in [4.69, 9.17) is 0 Å². The largest absolute Gasteiger partial charge is 0.340 e. The lowest BCUT2D eigenvalue weighted by atomic mass is 10.1. The van der Waals surface area contributed by atoms with Gasteiger partial charge in [-0.05, 0) is 27.9 Å². The summed E-state index contributed by atoms with van der Waals surface area (Å²) in [4.78, 5) is 18.0. The molecule has 0 aromatic rings. The number of hydrogen-bond acceptors (Lipinski definition) is 3. The summed E-state index contributed by atoms with van der Waals surface area (Å²) in [7, 11) is 4.20. The lowest BCUT2D eigenvalue weighted by Crippen LogP contribution is -2.58. The third-order valence-corrected chi connectivity index (χ3v) is 3.35. The SMILES string of the molecule is CC(=O)N1CC(C)N(CCN(C)C)C(C)C1. The Morgan fingerprint density at radius 2 is 1.75 bits per heavy atom. The van der Waals surface area contributed by atoms with Crippen LogP contribution in [-0.2, 0) is 4.79 Å². The van der Waals surface area contributed by atoms with E-state index in [9.17, 15) is 4.79 Å². The number of rotatable bonds is 3. The van der Waals surface area contributed by atoms with Crippen LogP contribution in [0.2, 0.25) is 0 Å². The maximum atomic E-state index is 11.4. The molecule has 0 saturated carbocycles. The van der Waals surface area contributed by atoms with Gasteiger partial charge in [-0.2, -0.15) is 0 Å². The van der Waals surface area contributed by atoms with Gasteiger partial charge in [-0.25, -0.2) is 0 Å². The first-order valence-electron chi connectivity index (χ1n) is 6.07. The van der Waals surface area contributed by atoms with Crippen molar-refractivity contribution in [3.05, 3.63) is 0 Å². The Morgan fingerprint density at radius 1 is 1.25 bits per heavy atom. The number of carbonyl (C=O) groups is 1. The summed E-state index contributed by atoms with van der Waals surface area (Å²) in [5, 5.41) is 0. The van der Waals surface area contributed by atoms with E-state index >= 15 is 0 Å². The van der Waals surface area contributed by atoms with Gasteiger partial charge in [-0.15, -0.1) is 0 Å². The van der Waals surface area contributed by atoms with Crippen LogP contribution in [0, 0.1) is 0 Å². The molecule has 0 spiro atoms.